The number of hydrogen-bond acceptors (Lipinski definition) is 4. The molecule has 0 aliphatic heterocycles. The molecule has 102 valence electrons. The van der Waals surface area contributed by atoms with E-state index in [2.05, 4.69) is 0 Å². The maximum atomic E-state index is 11.6. The average Bonchev–Trinajstić information content (AvgIpc) is 2.76. The van der Waals surface area contributed by atoms with E-state index in [1.807, 2.05) is 13.8 Å². The molecule has 0 radical (unpaired) electrons. The lowest BCUT2D eigenvalue weighted by atomic mass is 10.1. The predicted molar refractivity (Wildman–Crippen MR) is 67.5 cm³/mol. The Hall–Kier alpha value is -1.39. The molecule has 5 nitrogen and oxygen atoms in total. The SMILES string of the molecule is CC(C)CC/C(=C\C(=O)OC1CCCC1)[N+](=O)[O-]. The Morgan fingerprint density at radius 2 is 2.06 bits per heavy atom. The van der Waals surface area contributed by atoms with Crippen LogP contribution in [0, 0.1) is 16.0 Å². The van der Waals surface area contributed by atoms with E-state index in [9.17, 15) is 14.9 Å². The second-order valence-electron chi connectivity index (χ2n) is 5.17. The van der Waals surface area contributed by atoms with Gasteiger partial charge in [-0.1, -0.05) is 13.8 Å². The normalized spacial score (nSPS) is 17.2. The quantitative estimate of drug-likeness (QED) is 0.316. The number of carbonyl (C=O) groups is 1. The van der Waals surface area contributed by atoms with Gasteiger partial charge in [0.2, 0.25) is 0 Å². The summed E-state index contributed by atoms with van der Waals surface area (Å²) in [5, 5.41) is 10.8. The van der Waals surface area contributed by atoms with Gasteiger partial charge < -0.3 is 4.74 Å². The van der Waals surface area contributed by atoms with Crippen molar-refractivity contribution in [2.24, 2.45) is 5.92 Å². The van der Waals surface area contributed by atoms with Crippen LogP contribution < -0.4 is 0 Å². The van der Waals surface area contributed by atoms with Gasteiger partial charge in [0.1, 0.15) is 6.10 Å². The molecule has 0 heterocycles. The minimum absolute atomic E-state index is 0.0492. The van der Waals surface area contributed by atoms with Gasteiger partial charge in [0.05, 0.1) is 11.0 Å². The van der Waals surface area contributed by atoms with Crippen LogP contribution in [0.3, 0.4) is 0 Å². The first-order valence-corrected chi connectivity index (χ1v) is 6.54. The first kappa shape index (κ1) is 14.7. The first-order valence-electron chi connectivity index (χ1n) is 6.54. The van der Waals surface area contributed by atoms with Gasteiger partial charge in [-0.2, -0.15) is 0 Å². The Labute approximate surface area is 107 Å². The minimum atomic E-state index is -0.572. The molecule has 0 bridgehead atoms. The molecule has 0 spiro atoms. The fraction of sp³-hybridized carbons (Fsp3) is 0.769. The summed E-state index contributed by atoms with van der Waals surface area (Å²) in [5.74, 6) is -0.198. The third-order valence-electron chi connectivity index (χ3n) is 3.08. The number of hydrogen-bond donors (Lipinski definition) is 0. The number of allylic oxidation sites excluding steroid dienone is 1. The fourth-order valence-corrected chi connectivity index (χ4v) is 1.99. The molecule has 0 aromatic carbocycles. The van der Waals surface area contributed by atoms with Crippen LogP contribution in [0.25, 0.3) is 0 Å². The summed E-state index contributed by atoms with van der Waals surface area (Å²) >= 11 is 0. The number of esters is 1. The molecule has 0 amide bonds. The number of rotatable bonds is 6. The first-order chi connectivity index (χ1) is 8.49. The summed E-state index contributed by atoms with van der Waals surface area (Å²) in [6, 6.07) is 0. The van der Waals surface area contributed by atoms with E-state index in [1.54, 1.807) is 0 Å². The van der Waals surface area contributed by atoms with Crippen LogP contribution in [0.15, 0.2) is 11.8 Å². The Balaban J connectivity index is 2.51. The standard InChI is InChI=1S/C13H21NO4/c1-10(2)7-8-11(14(16)17)9-13(15)18-12-5-3-4-6-12/h9-10,12H,3-8H2,1-2H3/b11-9+. The minimum Gasteiger partial charge on any atom is -0.459 e. The lowest BCUT2D eigenvalue weighted by Crippen LogP contribution is -2.14. The molecule has 0 saturated heterocycles. The van der Waals surface area contributed by atoms with Gasteiger partial charge in [0.25, 0.3) is 5.70 Å². The zero-order valence-electron chi connectivity index (χ0n) is 11.1. The Morgan fingerprint density at radius 1 is 1.44 bits per heavy atom. The zero-order chi connectivity index (χ0) is 13.5. The molecule has 1 rings (SSSR count). The number of ether oxygens (including phenoxy) is 1. The monoisotopic (exact) mass is 255 g/mol. The van der Waals surface area contributed by atoms with E-state index in [0.717, 1.165) is 31.8 Å². The van der Waals surface area contributed by atoms with Crippen molar-refractivity contribution in [3.05, 3.63) is 21.9 Å². The molecule has 0 unspecified atom stereocenters. The molecule has 0 N–H and O–H groups in total. The molecule has 5 heteroatoms. The zero-order valence-corrected chi connectivity index (χ0v) is 11.1. The van der Waals surface area contributed by atoms with Crippen molar-refractivity contribution in [2.45, 2.75) is 58.5 Å². The third kappa shape index (κ3) is 5.29. The lowest BCUT2D eigenvalue weighted by Gasteiger charge is -2.09. The summed E-state index contributed by atoms with van der Waals surface area (Å²) in [6.07, 6.45) is 5.88. The summed E-state index contributed by atoms with van der Waals surface area (Å²) in [7, 11) is 0. The van der Waals surface area contributed by atoms with Crippen molar-refractivity contribution in [1.29, 1.82) is 0 Å². The highest BCUT2D eigenvalue weighted by molar-refractivity contribution is 5.82. The van der Waals surface area contributed by atoms with Crippen LogP contribution >= 0.6 is 0 Å². The van der Waals surface area contributed by atoms with E-state index in [-0.39, 0.29) is 11.8 Å². The van der Waals surface area contributed by atoms with Crippen molar-refractivity contribution in [3.8, 4) is 0 Å². The molecular formula is C13H21NO4. The van der Waals surface area contributed by atoms with Gasteiger partial charge >= 0.3 is 5.97 Å². The fourth-order valence-electron chi connectivity index (χ4n) is 1.99. The average molecular weight is 255 g/mol. The van der Waals surface area contributed by atoms with Gasteiger partial charge in [-0.25, -0.2) is 4.79 Å². The summed E-state index contributed by atoms with van der Waals surface area (Å²) in [5.41, 5.74) is -0.0494. The van der Waals surface area contributed by atoms with Crippen LogP contribution in [0.2, 0.25) is 0 Å². The van der Waals surface area contributed by atoms with Gasteiger partial charge in [-0.15, -0.1) is 0 Å². The van der Waals surface area contributed by atoms with Gasteiger partial charge in [0, 0.05) is 6.42 Å². The van der Waals surface area contributed by atoms with Crippen LogP contribution in [-0.2, 0) is 9.53 Å². The highest BCUT2D eigenvalue weighted by atomic mass is 16.6. The van der Waals surface area contributed by atoms with Gasteiger partial charge in [-0.3, -0.25) is 10.1 Å². The molecule has 18 heavy (non-hydrogen) atoms. The highest BCUT2D eigenvalue weighted by Gasteiger charge is 2.20. The van der Waals surface area contributed by atoms with Crippen LogP contribution in [0.5, 0.6) is 0 Å². The molecule has 0 atom stereocenters. The molecule has 1 saturated carbocycles. The van der Waals surface area contributed by atoms with E-state index >= 15 is 0 Å². The number of nitro groups is 1. The molecule has 0 aromatic heterocycles. The highest BCUT2D eigenvalue weighted by Crippen LogP contribution is 2.21. The second kappa shape index (κ2) is 7.13. The van der Waals surface area contributed by atoms with Crippen molar-refractivity contribution in [3.63, 3.8) is 0 Å². The van der Waals surface area contributed by atoms with Crippen LogP contribution in [-0.4, -0.2) is 17.0 Å². The summed E-state index contributed by atoms with van der Waals surface area (Å²) < 4.78 is 5.18. The second-order valence-corrected chi connectivity index (χ2v) is 5.17. The Morgan fingerprint density at radius 3 is 2.56 bits per heavy atom. The van der Waals surface area contributed by atoms with Crippen molar-refractivity contribution >= 4 is 5.97 Å². The predicted octanol–water partition coefficient (Wildman–Crippen LogP) is 3.07. The van der Waals surface area contributed by atoms with Crippen molar-refractivity contribution in [1.82, 2.24) is 0 Å². The van der Waals surface area contributed by atoms with Gasteiger partial charge in [-0.05, 0) is 38.0 Å². The molecule has 1 fully saturated rings. The Kier molecular flexibility index (Phi) is 5.82. The molecule has 1 aliphatic carbocycles. The van der Waals surface area contributed by atoms with Crippen molar-refractivity contribution < 1.29 is 14.5 Å². The van der Waals surface area contributed by atoms with E-state index < -0.39 is 10.9 Å². The largest absolute Gasteiger partial charge is 0.459 e. The third-order valence-corrected chi connectivity index (χ3v) is 3.08. The number of nitrogens with zero attached hydrogens (tertiary/aromatic N) is 1. The van der Waals surface area contributed by atoms with Crippen molar-refractivity contribution in [2.75, 3.05) is 0 Å². The maximum Gasteiger partial charge on any atom is 0.337 e. The summed E-state index contributed by atoms with van der Waals surface area (Å²) in [4.78, 5) is 21.9. The summed E-state index contributed by atoms with van der Waals surface area (Å²) in [6.45, 7) is 3.99. The number of carbonyl (C=O) groups excluding carboxylic acids is 1. The Bertz CT molecular complexity index is 330. The molecule has 1 aliphatic rings. The van der Waals surface area contributed by atoms with Gasteiger partial charge in [0.15, 0.2) is 0 Å². The van der Waals surface area contributed by atoms with Crippen LogP contribution in [0.1, 0.15) is 52.4 Å². The maximum absolute atomic E-state index is 11.6. The van der Waals surface area contributed by atoms with E-state index in [4.69, 9.17) is 4.74 Å². The topological polar surface area (TPSA) is 69.4 Å². The lowest BCUT2D eigenvalue weighted by molar-refractivity contribution is -0.428. The van der Waals surface area contributed by atoms with E-state index in [0.29, 0.717) is 18.8 Å². The van der Waals surface area contributed by atoms with Crippen LogP contribution in [0.4, 0.5) is 0 Å². The smallest absolute Gasteiger partial charge is 0.337 e. The molecule has 0 aromatic rings. The van der Waals surface area contributed by atoms with E-state index in [1.165, 1.54) is 0 Å². The molecular weight excluding hydrogens is 234 g/mol.